The highest BCUT2D eigenvalue weighted by Gasteiger charge is 2.53. The molecule has 2 saturated heterocycles. The molecule has 0 radical (unpaired) electrons. The van der Waals surface area contributed by atoms with Gasteiger partial charge < -0.3 is 29.3 Å². The van der Waals surface area contributed by atoms with E-state index in [-0.39, 0.29) is 34.8 Å². The Balaban J connectivity index is 1.68. The summed E-state index contributed by atoms with van der Waals surface area (Å²) in [5.74, 6) is -0.555. The number of phenols is 1. The van der Waals surface area contributed by atoms with Gasteiger partial charge in [-0.15, -0.1) is 4.72 Å². The van der Waals surface area contributed by atoms with E-state index in [1.54, 1.807) is 31.7 Å². The SMILES string of the molecule is CC(C)(C)OC(=O)N1CC(O)(C(=O)N2CCC([C@@H](N[S@@+]([O-])C(C)(C)C)c3cc(Cl)c(Cl)cc3O)CC2)C1. The molecule has 0 unspecified atom stereocenters. The molecule has 12 heteroatoms. The van der Waals surface area contributed by atoms with Gasteiger partial charge in [0.2, 0.25) is 0 Å². The lowest BCUT2D eigenvalue weighted by molar-refractivity contribution is -0.170. The maximum atomic E-state index is 13.1. The van der Waals surface area contributed by atoms with Crippen LogP contribution in [0.1, 0.15) is 66.0 Å². The highest BCUT2D eigenvalue weighted by atomic mass is 35.5. The number of amides is 2. The highest BCUT2D eigenvalue weighted by Crippen LogP contribution is 2.40. The minimum Gasteiger partial charge on any atom is -0.598 e. The van der Waals surface area contributed by atoms with E-state index in [0.717, 1.165) is 0 Å². The molecule has 208 valence electrons. The van der Waals surface area contributed by atoms with Crippen LogP contribution in [-0.4, -0.2) is 78.7 Å². The van der Waals surface area contributed by atoms with Crippen molar-refractivity contribution in [1.29, 1.82) is 0 Å². The number of β-amino-alcohol motifs (C(OH)–C–C–N with tert-alkyl or cyclic N) is 1. The van der Waals surface area contributed by atoms with Crippen LogP contribution in [0.3, 0.4) is 0 Å². The molecule has 37 heavy (non-hydrogen) atoms. The van der Waals surface area contributed by atoms with Gasteiger partial charge in [-0.3, -0.25) is 4.79 Å². The van der Waals surface area contributed by atoms with E-state index < -0.39 is 45.4 Å². The molecular formula is C25H37Cl2N3O6S. The number of aliphatic hydroxyl groups is 1. The van der Waals surface area contributed by atoms with Crippen LogP contribution >= 0.6 is 23.2 Å². The summed E-state index contributed by atoms with van der Waals surface area (Å²) in [7, 11) is 0. The summed E-state index contributed by atoms with van der Waals surface area (Å²) in [4.78, 5) is 28.2. The monoisotopic (exact) mass is 577 g/mol. The number of carbonyl (C=O) groups excluding carboxylic acids is 2. The average molecular weight is 579 g/mol. The molecule has 1 aromatic carbocycles. The van der Waals surface area contributed by atoms with Gasteiger partial charge in [0.05, 0.1) is 29.2 Å². The lowest BCUT2D eigenvalue weighted by atomic mass is 9.84. The standard InChI is InChI=1S/C25H37Cl2N3O6S/c1-23(2,3)36-22(33)30-13-25(34,14-30)21(32)29-9-7-15(8-10-29)20(28-37(35)24(4,5)6)16-11-17(26)18(27)12-19(16)31/h11-12,15,20,28,31,34H,7-10,13-14H2,1-6H3/t20-,37+/m1/s1. The molecular weight excluding hydrogens is 541 g/mol. The number of carbonyl (C=O) groups is 2. The predicted octanol–water partition coefficient (Wildman–Crippen LogP) is 4.01. The van der Waals surface area contributed by atoms with Gasteiger partial charge >= 0.3 is 6.09 Å². The fraction of sp³-hybridized carbons (Fsp3) is 0.680. The second-order valence-corrected chi connectivity index (χ2v) is 14.6. The minimum absolute atomic E-state index is 0.0534. The molecule has 2 aliphatic heterocycles. The van der Waals surface area contributed by atoms with Gasteiger partial charge in [0.25, 0.3) is 5.91 Å². The van der Waals surface area contributed by atoms with Crippen LogP contribution in [-0.2, 0) is 20.9 Å². The second-order valence-electron chi connectivity index (χ2n) is 11.8. The van der Waals surface area contributed by atoms with E-state index in [0.29, 0.717) is 31.5 Å². The van der Waals surface area contributed by atoms with Crippen molar-refractivity contribution >= 4 is 46.6 Å². The number of benzene rings is 1. The van der Waals surface area contributed by atoms with Gasteiger partial charge in [-0.2, -0.15) is 0 Å². The third kappa shape index (κ3) is 7.16. The molecule has 0 saturated carbocycles. The first-order valence-corrected chi connectivity index (χ1v) is 14.2. The molecule has 2 fully saturated rings. The number of rotatable bonds is 5. The van der Waals surface area contributed by atoms with E-state index in [4.69, 9.17) is 27.9 Å². The van der Waals surface area contributed by atoms with Crippen molar-refractivity contribution in [3.63, 3.8) is 0 Å². The Morgan fingerprint density at radius 3 is 2.16 bits per heavy atom. The summed E-state index contributed by atoms with van der Waals surface area (Å²) in [6.45, 7) is 11.3. The number of ether oxygens (including phenoxy) is 1. The molecule has 9 nitrogen and oxygen atoms in total. The number of nitrogens with one attached hydrogen (secondary N) is 1. The maximum absolute atomic E-state index is 13.1. The van der Waals surface area contributed by atoms with E-state index in [2.05, 4.69) is 4.72 Å². The van der Waals surface area contributed by atoms with Crippen molar-refractivity contribution in [1.82, 2.24) is 14.5 Å². The maximum Gasteiger partial charge on any atom is 0.410 e. The zero-order valence-electron chi connectivity index (χ0n) is 22.1. The van der Waals surface area contributed by atoms with Gasteiger partial charge in [0.1, 0.15) is 16.1 Å². The molecule has 0 spiro atoms. The summed E-state index contributed by atoms with van der Waals surface area (Å²) in [6.07, 6.45) is 0.512. The Kier molecular flexibility index (Phi) is 8.94. The largest absolute Gasteiger partial charge is 0.598 e. The Morgan fingerprint density at radius 1 is 1.11 bits per heavy atom. The summed E-state index contributed by atoms with van der Waals surface area (Å²) in [5.41, 5.74) is -1.82. The van der Waals surface area contributed by atoms with Crippen LogP contribution in [0.4, 0.5) is 4.79 Å². The molecule has 0 bridgehead atoms. The van der Waals surface area contributed by atoms with Gasteiger partial charge in [-0.1, -0.05) is 23.2 Å². The number of phenolic OH excluding ortho intramolecular Hbond substituents is 1. The Labute approximate surface area is 231 Å². The first-order valence-electron chi connectivity index (χ1n) is 12.3. The molecule has 2 atom stereocenters. The van der Waals surface area contributed by atoms with Crippen molar-refractivity contribution in [3.8, 4) is 5.75 Å². The van der Waals surface area contributed by atoms with Gasteiger partial charge in [-0.25, -0.2) is 4.79 Å². The average Bonchev–Trinajstić information content (AvgIpc) is 2.75. The predicted molar refractivity (Wildman–Crippen MR) is 144 cm³/mol. The van der Waals surface area contributed by atoms with E-state index in [9.17, 15) is 24.4 Å². The van der Waals surface area contributed by atoms with Crippen molar-refractivity contribution in [3.05, 3.63) is 27.7 Å². The number of likely N-dealkylation sites (tertiary alicyclic amines) is 2. The summed E-state index contributed by atoms with van der Waals surface area (Å²) >= 11 is 10.9. The van der Waals surface area contributed by atoms with Gasteiger partial charge in [0, 0.05) is 36.1 Å². The van der Waals surface area contributed by atoms with Gasteiger partial charge in [-0.05, 0) is 66.4 Å². The smallest absolute Gasteiger partial charge is 0.410 e. The summed E-state index contributed by atoms with van der Waals surface area (Å²) < 4.78 is 20.9. The summed E-state index contributed by atoms with van der Waals surface area (Å²) in [6, 6.07) is 2.45. The second kappa shape index (κ2) is 11.0. The van der Waals surface area contributed by atoms with Crippen LogP contribution in [0.25, 0.3) is 0 Å². The van der Waals surface area contributed by atoms with Crippen molar-refractivity contribution < 1.29 is 29.1 Å². The van der Waals surface area contributed by atoms with Crippen molar-refractivity contribution in [2.24, 2.45) is 5.92 Å². The third-order valence-electron chi connectivity index (χ3n) is 6.45. The molecule has 0 aromatic heterocycles. The number of hydrogen-bond donors (Lipinski definition) is 3. The van der Waals surface area contributed by atoms with Crippen LogP contribution in [0.5, 0.6) is 5.75 Å². The number of halogens is 2. The van der Waals surface area contributed by atoms with Crippen LogP contribution in [0.2, 0.25) is 10.0 Å². The lowest BCUT2D eigenvalue weighted by Gasteiger charge is -2.48. The molecule has 1 aromatic rings. The lowest BCUT2D eigenvalue weighted by Crippen LogP contribution is -2.71. The quantitative estimate of drug-likeness (QED) is 0.451. The Hall–Kier alpha value is -1.43. The summed E-state index contributed by atoms with van der Waals surface area (Å²) in [5, 5.41) is 22.0. The van der Waals surface area contributed by atoms with Crippen molar-refractivity contribution in [2.75, 3.05) is 26.2 Å². The zero-order chi connectivity index (χ0) is 27.9. The fourth-order valence-electron chi connectivity index (χ4n) is 4.41. The molecule has 3 rings (SSSR count). The van der Waals surface area contributed by atoms with Crippen molar-refractivity contribution in [2.45, 2.75) is 76.4 Å². The molecule has 3 N–H and O–H groups in total. The zero-order valence-corrected chi connectivity index (χ0v) is 24.5. The molecule has 2 heterocycles. The number of nitrogens with zero attached hydrogens (tertiary/aromatic N) is 2. The Morgan fingerprint density at radius 2 is 1.65 bits per heavy atom. The fourth-order valence-corrected chi connectivity index (χ4v) is 5.65. The Bertz CT molecular complexity index is 1010. The normalized spacial score (nSPS) is 20.3. The minimum atomic E-state index is -1.64. The number of hydrogen-bond acceptors (Lipinski definition) is 7. The van der Waals surface area contributed by atoms with Crippen LogP contribution in [0, 0.1) is 5.92 Å². The van der Waals surface area contributed by atoms with Gasteiger partial charge in [0.15, 0.2) is 5.60 Å². The van der Waals surface area contributed by atoms with Crippen LogP contribution in [0.15, 0.2) is 12.1 Å². The topological polar surface area (TPSA) is 125 Å². The molecule has 2 amide bonds. The highest BCUT2D eigenvalue weighted by molar-refractivity contribution is 7.90. The number of aromatic hydroxyl groups is 1. The number of piperidine rings is 1. The first-order chi connectivity index (χ1) is 16.9. The van der Waals surface area contributed by atoms with E-state index >= 15 is 0 Å². The third-order valence-corrected chi connectivity index (χ3v) is 8.75. The van der Waals surface area contributed by atoms with E-state index in [1.807, 2.05) is 20.8 Å². The molecule has 0 aliphatic carbocycles. The molecule has 2 aliphatic rings. The van der Waals surface area contributed by atoms with E-state index in [1.165, 1.54) is 11.0 Å². The van der Waals surface area contributed by atoms with Crippen LogP contribution < -0.4 is 4.72 Å². The first kappa shape index (κ1) is 30.1.